The van der Waals surface area contributed by atoms with Crippen LogP contribution < -0.4 is 16.6 Å². The molecule has 2 rings (SSSR count). The molecular formula is C15H24N4O2. The number of aromatic nitrogens is 1. The first-order chi connectivity index (χ1) is 10.1. The molecule has 6 nitrogen and oxygen atoms in total. The van der Waals surface area contributed by atoms with E-state index in [1.54, 1.807) is 6.07 Å². The third-order valence-electron chi connectivity index (χ3n) is 3.62. The summed E-state index contributed by atoms with van der Waals surface area (Å²) in [6.45, 7) is 5.52. The van der Waals surface area contributed by atoms with E-state index >= 15 is 0 Å². The summed E-state index contributed by atoms with van der Waals surface area (Å²) in [6.07, 6.45) is 3.35. The SMILES string of the molecule is CC(C)c1cc(C(=O)NCCC2CCCO2)cc(NN)n1. The van der Waals surface area contributed by atoms with Crippen molar-refractivity contribution in [3.63, 3.8) is 0 Å². The normalized spacial score (nSPS) is 18.0. The van der Waals surface area contributed by atoms with Crippen LogP contribution in [0.5, 0.6) is 0 Å². The maximum atomic E-state index is 12.2. The van der Waals surface area contributed by atoms with Gasteiger partial charge in [0.25, 0.3) is 5.91 Å². The summed E-state index contributed by atoms with van der Waals surface area (Å²) in [7, 11) is 0. The molecule has 6 heteroatoms. The van der Waals surface area contributed by atoms with Gasteiger partial charge in [-0.3, -0.25) is 4.79 Å². The first-order valence-electron chi connectivity index (χ1n) is 7.48. The van der Waals surface area contributed by atoms with Crippen LogP contribution in [-0.4, -0.2) is 30.1 Å². The maximum absolute atomic E-state index is 12.2. The summed E-state index contributed by atoms with van der Waals surface area (Å²) >= 11 is 0. The largest absolute Gasteiger partial charge is 0.378 e. The van der Waals surface area contributed by atoms with Gasteiger partial charge in [-0.25, -0.2) is 10.8 Å². The highest BCUT2D eigenvalue weighted by Gasteiger charge is 2.16. The minimum atomic E-state index is -0.103. The lowest BCUT2D eigenvalue weighted by molar-refractivity contribution is 0.0907. The third kappa shape index (κ3) is 4.41. The Labute approximate surface area is 125 Å². The summed E-state index contributed by atoms with van der Waals surface area (Å²) in [6, 6.07) is 3.47. The number of ether oxygens (including phenoxy) is 1. The highest BCUT2D eigenvalue weighted by atomic mass is 16.5. The highest BCUT2D eigenvalue weighted by Crippen LogP contribution is 2.17. The molecule has 1 fully saturated rings. The van der Waals surface area contributed by atoms with Crippen molar-refractivity contribution < 1.29 is 9.53 Å². The number of nitrogen functional groups attached to an aromatic ring is 1. The fourth-order valence-electron chi connectivity index (χ4n) is 2.37. The molecule has 1 atom stereocenters. The molecule has 0 aromatic carbocycles. The molecule has 116 valence electrons. The van der Waals surface area contributed by atoms with Crippen molar-refractivity contribution in [2.75, 3.05) is 18.6 Å². The summed E-state index contributed by atoms with van der Waals surface area (Å²) in [5.41, 5.74) is 3.93. The van der Waals surface area contributed by atoms with Crippen LogP contribution >= 0.6 is 0 Å². The van der Waals surface area contributed by atoms with Gasteiger partial charge < -0.3 is 15.5 Å². The van der Waals surface area contributed by atoms with Gasteiger partial charge in [-0.05, 0) is 37.3 Å². The third-order valence-corrected chi connectivity index (χ3v) is 3.62. The number of carbonyl (C=O) groups excluding carboxylic acids is 1. The van der Waals surface area contributed by atoms with E-state index in [2.05, 4.69) is 15.7 Å². The second-order valence-electron chi connectivity index (χ2n) is 5.64. The van der Waals surface area contributed by atoms with Crippen LogP contribution in [0.4, 0.5) is 5.82 Å². The molecule has 1 aromatic heterocycles. The number of pyridine rings is 1. The number of carbonyl (C=O) groups is 1. The second kappa shape index (κ2) is 7.38. The molecule has 0 saturated carbocycles. The number of hydrogen-bond donors (Lipinski definition) is 3. The van der Waals surface area contributed by atoms with E-state index in [9.17, 15) is 4.79 Å². The predicted octanol–water partition coefficient (Wildman–Crippen LogP) is 1.79. The van der Waals surface area contributed by atoms with Crippen LogP contribution in [-0.2, 0) is 4.74 Å². The van der Waals surface area contributed by atoms with Crippen LogP contribution in [0.25, 0.3) is 0 Å². The Bertz CT molecular complexity index is 485. The average molecular weight is 292 g/mol. The lowest BCUT2D eigenvalue weighted by atomic mass is 10.1. The van der Waals surface area contributed by atoms with E-state index in [1.165, 1.54) is 0 Å². The molecule has 1 aliphatic heterocycles. The molecule has 1 aliphatic rings. The molecule has 1 aromatic rings. The average Bonchev–Trinajstić information content (AvgIpc) is 2.99. The van der Waals surface area contributed by atoms with Gasteiger partial charge in [0.1, 0.15) is 5.82 Å². The second-order valence-corrected chi connectivity index (χ2v) is 5.64. The smallest absolute Gasteiger partial charge is 0.251 e. The molecule has 0 radical (unpaired) electrons. The molecule has 0 spiro atoms. The van der Waals surface area contributed by atoms with Crippen molar-refractivity contribution in [2.24, 2.45) is 5.84 Å². The van der Waals surface area contributed by atoms with E-state index in [-0.39, 0.29) is 17.9 Å². The van der Waals surface area contributed by atoms with Gasteiger partial charge in [0.2, 0.25) is 0 Å². The van der Waals surface area contributed by atoms with Gasteiger partial charge in [-0.1, -0.05) is 13.8 Å². The molecule has 0 bridgehead atoms. The minimum Gasteiger partial charge on any atom is -0.378 e. The number of rotatable bonds is 6. The van der Waals surface area contributed by atoms with E-state index in [0.717, 1.165) is 31.6 Å². The van der Waals surface area contributed by atoms with Gasteiger partial charge in [-0.2, -0.15) is 0 Å². The number of anilines is 1. The lowest BCUT2D eigenvalue weighted by Gasteiger charge is -2.12. The standard InChI is InChI=1S/C15H24N4O2/c1-10(2)13-8-11(9-14(18-13)19-16)15(20)17-6-5-12-4-3-7-21-12/h8-10,12H,3-7,16H2,1-2H3,(H,17,20)(H,18,19). The molecular weight excluding hydrogens is 268 g/mol. The summed E-state index contributed by atoms with van der Waals surface area (Å²) in [5, 5.41) is 2.93. The van der Waals surface area contributed by atoms with Crippen molar-refractivity contribution >= 4 is 11.7 Å². The van der Waals surface area contributed by atoms with Crippen molar-refractivity contribution in [3.8, 4) is 0 Å². The molecule has 4 N–H and O–H groups in total. The van der Waals surface area contributed by atoms with Crippen LogP contribution in [0.1, 0.15) is 55.1 Å². The zero-order valence-corrected chi connectivity index (χ0v) is 12.7. The number of hydrogen-bond acceptors (Lipinski definition) is 5. The molecule has 1 amide bonds. The Balaban J connectivity index is 1.95. The zero-order chi connectivity index (χ0) is 15.2. The van der Waals surface area contributed by atoms with Crippen LogP contribution in [0.3, 0.4) is 0 Å². The molecule has 1 unspecified atom stereocenters. The van der Waals surface area contributed by atoms with E-state index in [1.807, 2.05) is 19.9 Å². The monoisotopic (exact) mass is 292 g/mol. The molecule has 21 heavy (non-hydrogen) atoms. The predicted molar refractivity (Wildman–Crippen MR) is 82.1 cm³/mol. The van der Waals surface area contributed by atoms with Crippen molar-refractivity contribution in [1.82, 2.24) is 10.3 Å². The number of nitrogens with one attached hydrogen (secondary N) is 2. The Kier molecular flexibility index (Phi) is 5.52. The quantitative estimate of drug-likeness (QED) is 0.549. The highest BCUT2D eigenvalue weighted by molar-refractivity contribution is 5.95. The van der Waals surface area contributed by atoms with Gasteiger partial charge >= 0.3 is 0 Å². The molecule has 0 aliphatic carbocycles. The number of nitrogens with two attached hydrogens (primary N) is 1. The van der Waals surface area contributed by atoms with Crippen LogP contribution in [0.2, 0.25) is 0 Å². The fraction of sp³-hybridized carbons (Fsp3) is 0.600. The van der Waals surface area contributed by atoms with Gasteiger partial charge in [0.05, 0.1) is 6.10 Å². The van der Waals surface area contributed by atoms with Crippen LogP contribution in [0, 0.1) is 0 Å². The van der Waals surface area contributed by atoms with Crippen molar-refractivity contribution in [3.05, 3.63) is 23.4 Å². The lowest BCUT2D eigenvalue weighted by Crippen LogP contribution is -2.27. The summed E-state index contributed by atoms with van der Waals surface area (Å²) < 4.78 is 5.54. The van der Waals surface area contributed by atoms with E-state index < -0.39 is 0 Å². The van der Waals surface area contributed by atoms with Gasteiger partial charge in [0.15, 0.2) is 0 Å². The van der Waals surface area contributed by atoms with Crippen molar-refractivity contribution in [1.29, 1.82) is 0 Å². The molecule has 1 saturated heterocycles. The Morgan fingerprint density at radius 1 is 1.52 bits per heavy atom. The summed E-state index contributed by atoms with van der Waals surface area (Å²) in [4.78, 5) is 16.6. The Morgan fingerprint density at radius 2 is 2.33 bits per heavy atom. The molecule has 2 heterocycles. The van der Waals surface area contributed by atoms with E-state index in [4.69, 9.17) is 10.6 Å². The van der Waals surface area contributed by atoms with E-state index in [0.29, 0.717) is 17.9 Å². The van der Waals surface area contributed by atoms with Gasteiger partial charge in [0, 0.05) is 24.4 Å². The van der Waals surface area contributed by atoms with Gasteiger partial charge in [-0.15, -0.1) is 0 Å². The van der Waals surface area contributed by atoms with Crippen LogP contribution in [0.15, 0.2) is 12.1 Å². The Morgan fingerprint density at radius 3 is 2.95 bits per heavy atom. The Hall–Kier alpha value is -1.66. The fourth-order valence-corrected chi connectivity index (χ4v) is 2.37. The topological polar surface area (TPSA) is 89.3 Å². The number of nitrogens with zero attached hydrogens (tertiary/aromatic N) is 1. The zero-order valence-electron chi connectivity index (χ0n) is 12.7. The number of hydrazine groups is 1. The maximum Gasteiger partial charge on any atom is 0.251 e. The summed E-state index contributed by atoms with van der Waals surface area (Å²) in [5.74, 6) is 6.05. The minimum absolute atomic E-state index is 0.103. The first kappa shape index (κ1) is 15.7. The van der Waals surface area contributed by atoms with Crippen molar-refractivity contribution in [2.45, 2.75) is 45.1 Å². The first-order valence-corrected chi connectivity index (χ1v) is 7.48. The number of amides is 1.